The monoisotopic (exact) mass is 211 g/mol. The molecule has 78 valence electrons. The summed E-state index contributed by atoms with van der Waals surface area (Å²) in [4.78, 5) is 18.4. The van der Waals surface area contributed by atoms with Gasteiger partial charge in [-0.15, -0.1) is 0 Å². The van der Waals surface area contributed by atoms with Gasteiger partial charge in [-0.2, -0.15) is 5.26 Å². The van der Waals surface area contributed by atoms with E-state index in [0.717, 1.165) is 0 Å². The molecule has 1 aromatic heterocycles. The normalized spacial score (nSPS) is 9.75. The van der Waals surface area contributed by atoms with Gasteiger partial charge in [0.25, 0.3) is 5.56 Å². The number of nitrogens with one attached hydrogen (secondary N) is 1. The van der Waals surface area contributed by atoms with Crippen LogP contribution < -0.4 is 5.56 Å². The Balaban J connectivity index is 2.60. The molecule has 0 atom stereocenters. The quantitative estimate of drug-likeness (QED) is 0.779. The van der Waals surface area contributed by atoms with Gasteiger partial charge in [0.05, 0.1) is 11.6 Å². The number of rotatable bonds is 1. The van der Waals surface area contributed by atoms with Gasteiger partial charge in [-0.1, -0.05) is 12.1 Å². The zero-order valence-electron chi connectivity index (χ0n) is 8.69. The van der Waals surface area contributed by atoms with E-state index in [0.29, 0.717) is 22.5 Å². The van der Waals surface area contributed by atoms with Crippen molar-refractivity contribution in [1.29, 1.82) is 5.26 Å². The Morgan fingerprint density at radius 3 is 2.94 bits per heavy atom. The number of hydrogen-bond acceptors (Lipinski definition) is 3. The molecule has 2 rings (SSSR count). The van der Waals surface area contributed by atoms with Gasteiger partial charge in [0.2, 0.25) is 0 Å². The molecule has 0 saturated carbocycles. The highest BCUT2D eigenvalue weighted by molar-refractivity contribution is 5.60. The minimum atomic E-state index is -0.241. The van der Waals surface area contributed by atoms with Crippen LogP contribution in [0.2, 0.25) is 0 Å². The van der Waals surface area contributed by atoms with E-state index in [-0.39, 0.29) is 5.56 Å². The summed E-state index contributed by atoms with van der Waals surface area (Å²) in [6.07, 6.45) is 1.59. The van der Waals surface area contributed by atoms with Crippen LogP contribution in [-0.2, 0) is 0 Å². The Bertz CT molecular complexity index is 623. The van der Waals surface area contributed by atoms with Gasteiger partial charge in [0.15, 0.2) is 0 Å². The third-order valence-corrected chi connectivity index (χ3v) is 2.18. The highest BCUT2D eigenvalue weighted by Gasteiger charge is 2.05. The van der Waals surface area contributed by atoms with Gasteiger partial charge in [-0.25, -0.2) is 4.98 Å². The van der Waals surface area contributed by atoms with E-state index in [1.165, 1.54) is 0 Å². The predicted molar refractivity (Wildman–Crippen MR) is 59.7 cm³/mol. The van der Waals surface area contributed by atoms with Gasteiger partial charge in [-0.05, 0) is 19.1 Å². The lowest BCUT2D eigenvalue weighted by atomic mass is 10.1. The van der Waals surface area contributed by atoms with E-state index in [2.05, 4.69) is 9.97 Å². The molecule has 0 aliphatic rings. The summed E-state index contributed by atoms with van der Waals surface area (Å²) < 4.78 is 0. The standard InChI is InChI=1S/C12H9N3O/c1-8-7-14-11(12(16)15-8)10-4-2-3-9(5-10)6-13/h2-5,7H,1H3,(H,15,16). The zero-order valence-corrected chi connectivity index (χ0v) is 8.69. The van der Waals surface area contributed by atoms with Crippen molar-refractivity contribution >= 4 is 0 Å². The van der Waals surface area contributed by atoms with Crippen molar-refractivity contribution in [2.75, 3.05) is 0 Å². The van der Waals surface area contributed by atoms with Crippen LogP contribution in [0.3, 0.4) is 0 Å². The lowest BCUT2D eigenvalue weighted by Crippen LogP contribution is -2.12. The second-order valence-corrected chi connectivity index (χ2v) is 3.44. The number of hydrogen-bond donors (Lipinski definition) is 1. The van der Waals surface area contributed by atoms with Gasteiger partial charge in [0, 0.05) is 17.5 Å². The number of aryl methyl sites for hydroxylation is 1. The molecule has 2 aromatic rings. The van der Waals surface area contributed by atoms with Crippen molar-refractivity contribution in [3.8, 4) is 17.3 Å². The minimum Gasteiger partial charge on any atom is -0.323 e. The van der Waals surface area contributed by atoms with Gasteiger partial charge in [0.1, 0.15) is 5.69 Å². The maximum atomic E-state index is 11.6. The summed E-state index contributed by atoms with van der Waals surface area (Å²) >= 11 is 0. The molecule has 0 fully saturated rings. The van der Waals surface area contributed by atoms with Crippen LogP contribution >= 0.6 is 0 Å². The lowest BCUT2D eigenvalue weighted by Gasteiger charge is -2.00. The summed E-state index contributed by atoms with van der Waals surface area (Å²) in [7, 11) is 0. The Morgan fingerprint density at radius 1 is 1.44 bits per heavy atom. The maximum Gasteiger partial charge on any atom is 0.274 e. The molecule has 1 aromatic carbocycles. The highest BCUT2D eigenvalue weighted by atomic mass is 16.1. The first-order valence-electron chi connectivity index (χ1n) is 4.77. The molecule has 0 aliphatic carbocycles. The molecule has 0 saturated heterocycles. The van der Waals surface area contributed by atoms with Crippen LogP contribution in [0.25, 0.3) is 11.3 Å². The molecule has 0 spiro atoms. The summed E-state index contributed by atoms with van der Waals surface area (Å²) in [5.74, 6) is 0. The number of nitrogens with zero attached hydrogens (tertiary/aromatic N) is 2. The van der Waals surface area contributed by atoms with Crippen molar-refractivity contribution in [2.45, 2.75) is 6.92 Å². The molecular formula is C12H9N3O. The fraction of sp³-hybridized carbons (Fsp3) is 0.0833. The number of nitriles is 1. The molecule has 4 nitrogen and oxygen atoms in total. The second kappa shape index (κ2) is 3.99. The van der Waals surface area contributed by atoms with Crippen LogP contribution in [0.4, 0.5) is 0 Å². The van der Waals surface area contributed by atoms with Crippen molar-refractivity contribution in [2.24, 2.45) is 0 Å². The first-order valence-corrected chi connectivity index (χ1v) is 4.77. The van der Waals surface area contributed by atoms with Crippen molar-refractivity contribution < 1.29 is 0 Å². The average molecular weight is 211 g/mol. The fourth-order valence-corrected chi connectivity index (χ4v) is 1.43. The predicted octanol–water partition coefficient (Wildman–Crippen LogP) is 1.62. The van der Waals surface area contributed by atoms with Crippen LogP contribution in [0.5, 0.6) is 0 Å². The van der Waals surface area contributed by atoms with E-state index in [1.807, 2.05) is 6.07 Å². The van der Waals surface area contributed by atoms with Crippen LogP contribution in [-0.4, -0.2) is 9.97 Å². The van der Waals surface area contributed by atoms with E-state index >= 15 is 0 Å². The number of aromatic amines is 1. The molecule has 0 radical (unpaired) electrons. The zero-order chi connectivity index (χ0) is 11.5. The first kappa shape index (κ1) is 10.1. The molecule has 4 heteroatoms. The SMILES string of the molecule is Cc1cnc(-c2cccc(C#N)c2)c(=O)[nH]1. The number of aromatic nitrogens is 2. The maximum absolute atomic E-state index is 11.6. The number of benzene rings is 1. The molecule has 0 amide bonds. The lowest BCUT2D eigenvalue weighted by molar-refractivity contribution is 1.07. The molecule has 16 heavy (non-hydrogen) atoms. The molecule has 1 N–H and O–H groups in total. The van der Waals surface area contributed by atoms with Gasteiger partial charge in [-0.3, -0.25) is 4.79 Å². The Hall–Kier alpha value is -2.41. The Morgan fingerprint density at radius 2 is 2.25 bits per heavy atom. The highest BCUT2D eigenvalue weighted by Crippen LogP contribution is 2.13. The fourth-order valence-electron chi connectivity index (χ4n) is 1.43. The van der Waals surface area contributed by atoms with Crippen LogP contribution in [0.1, 0.15) is 11.3 Å². The first-order chi connectivity index (χ1) is 7.70. The van der Waals surface area contributed by atoms with Crippen LogP contribution in [0.15, 0.2) is 35.3 Å². The van der Waals surface area contributed by atoms with Crippen molar-refractivity contribution in [3.05, 3.63) is 52.1 Å². The Labute approximate surface area is 92.2 Å². The summed E-state index contributed by atoms with van der Waals surface area (Å²) in [5.41, 5.74) is 1.97. The average Bonchev–Trinajstić information content (AvgIpc) is 2.29. The van der Waals surface area contributed by atoms with Crippen molar-refractivity contribution in [1.82, 2.24) is 9.97 Å². The van der Waals surface area contributed by atoms with Gasteiger partial charge >= 0.3 is 0 Å². The van der Waals surface area contributed by atoms with Crippen molar-refractivity contribution in [3.63, 3.8) is 0 Å². The summed E-state index contributed by atoms with van der Waals surface area (Å²) in [5, 5.41) is 8.77. The molecular weight excluding hydrogens is 202 g/mol. The molecule has 1 heterocycles. The van der Waals surface area contributed by atoms with E-state index in [4.69, 9.17) is 5.26 Å². The minimum absolute atomic E-state index is 0.241. The molecule has 0 unspecified atom stereocenters. The third kappa shape index (κ3) is 1.84. The molecule has 0 bridgehead atoms. The third-order valence-electron chi connectivity index (χ3n) is 2.18. The van der Waals surface area contributed by atoms with E-state index in [1.54, 1.807) is 37.4 Å². The topological polar surface area (TPSA) is 69.5 Å². The summed E-state index contributed by atoms with van der Waals surface area (Å²) in [6.45, 7) is 1.77. The smallest absolute Gasteiger partial charge is 0.274 e. The van der Waals surface area contributed by atoms with E-state index in [9.17, 15) is 4.79 Å². The Kier molecular flexibility index (Phi) is 2.52. The second-order valence-electron chi connectivity index (χ2n) is 3.44. The summed E-state index contributed by atoms with van der Waals surface area (Å²) in [6, 6.07) is 8.85. The van der Waals surface area contributed by atoms with Gasteiger partial charge < -0.3 is 4.98 Å². The molecule has 0 aliphatic heterocycles. The van der Waals surface area contributed by atoms with Crippen LogP contribution in [0, 0.1) is 18.3 Å². The largest absolute Gasteiger partial charge is 0.323 e. The number of H-pyrrole nitrogens is 1. The van der Waals surface area contributed by atoms with E-state index < -0.39 is 0 Å².